The minimum atomic E-state index is 0.170. The van der Waals surface area contributed by atoms with E-state index < -0.39 is 0 Å². The Labute approximate surface area is 374 Å². The fraction of sp³-hybridized carbons (Fsp3) is 0.481. The molecule has 6 aromatic heterocycles. The number of hydrogen-bond donors (Lipinski definition) is 0. The van der Waals surface area contributed by atoms with Gasteiger partial charge in [-0.2, -0.15) is 19.2 Å². The Balaban J connectivity index is 1.11. The van der Waals surface area contributed by atoms with Crippen LogP contribution in [-0.4, -0.2) is 51.5 Å². The minimum Gasteiger partial charge on any atom is -0.381 e. The first-order chi connectivity index (χ1) is 30.0. The molecule has 8 aromatic rings. The summed E-state index contributed by atoms with van der Waals surface area (Å²) in [5.41, 5.74) is 23.2. The van der Waals surface area contributed by atoms with Crippen molar-refractivity contribution in [1.29, 1.82) is 0 Å². The van der Waals surface area contributed by atoms with Gasteiger partial charge in [0.2, 0.25) is 0 Å². The fourth-order valence-electron chi connectivity index (χ4n) is 10.8. The van der Waals surface area contributed by atoms with Crippen LogP contribution in [0.3, 0.4) is 0 Å². The molecular weight excluding hydrogens is 777 g/mol. The van der Waals surface area contributed by atoms with Crippen molar-refractivity contribution >= 4 is 33.4 Å². The molecule has 0 aliphatic heterocycles. The Morgan fingerprint density at radius 1 is 0.476 bits per heavy atom. The molecule has 4 atom stereocenters. The van der Waals surface area contributed by atoms with Crippen molar-refractivity contribution in [1.82, 2.24) is 38.3 Å². The van der Waals surface area contributed by atoms with Crippen LogP contribution in [0.25, 0.3) is 55.6 Å². The van der Waals surface area contributed by atoms with Gasteiger partial charge in [0.25, 0.3) is 0 Å². The monoisotopic (exact) mass is 847 g/mol. The predicted octanol–water partition coefficient (Wildman–Crippen LogP) is 13.1. The minimum absolute atomic E-state index is 0.170. The van der Waals surface area contributed by atoms with Crippen molar-refractivity contribution in [3.63, 3.8) is 0 Å². The number of nitrogens with zero attached hydrogens (tertiary/aromatic N) is 8. The number of aromatic nitrogens is 8. The Hall–Kier alpha value is -5.28. The maximum Gasteiger partial charge on any atom is 0.165 e. The largest absolute Gasteiger partial charge is 0.381 e. The van der Waals surface area contributed by atoms with Gasteiger partial charge in [-0.05, 0) is 153 Å². The number of hydrogen-bond acceptors (Lipinski definition) is 5. The van der Waals surface area contributed by atoms with Crippen molar-refractivity contribution in [3.05, 3.63) is 104 Å². The van der Waals surface area contributed by atoms with Crippen LogP contribution < -0.4 is 0 Å². The maximum atomic E-state index is 6.78. The molecule has 0 spiro atoms. The molecule has 0 aliphatic rings. The van der Waals surface area contributed by atoms with Crippen LogP contribution in [0.4, 0.5) is 0 Å². The van der Waals surface area contributed by atoms with E-state index in [0.717, 1.165) is 82.2 Å². The summed E-state index contributed by atoms with van der Waals surface area (Å²) in [5, 5.41) is 12.9. The summed E-state index contributed by atoms with van der Waals surface area (Å²) < 4.78 is 16.2. The highest BCUT2D eigenvalue weighted by Crippen LogP contribution is 2.40. The molecular formula is C54H70N8O. The third-order valence-electron chi connectivity index (χ3n) is 14.1. The van der Waals surface area contributed by atoms with Gasteiger partial charge in [-0.15, -0.1) is 0 Å². The molecule has 0 amide bonds. The number of aryl methyl sites for hydroxylation is 12. The van der Waals surface area contributed by atoms with Crippen molar-refractivity contribution in [2.75, 3.05) is 13.2 Å². The molecule has 0 fully saturated rings. The van der Waals surface area contributed by atoms with Gasteiger partial charge in [-0.1, -0.05) is 75.9 Å². The molecule has 0 saturated carbocycles. The Morgan fingerprint density at radius 3 is 1.16 bits per heavy atom. The highest BCUT2D eigenvalue weighted by atomic mass is 16.5. The van der Waals surface area contributed by atoms with E-state index in [2.05, 4.69) is 165 Å². The van der Waals surface area contributed by atoms with Gasteiger partial charge in [0.1, 0.15) is 11.3 Å². The lowest BCUT2D eigenvalue weighted by Gasteiger charge is -2.28. The van der Waals surface area contributed by atoms with Crippen molar-refractivity contribution in [2.45, 2.75) is 149 Å². The summed E-state index contributed by atoms with van der Waals surface area (Å²) in [6, 6.07) is 14.2. The Morgan fingerprint density at radius 2 is 0.825 bits per heavy atom. The van der Waals surface area contributed by atoms with E-state index in [9.17, 15) is 0 Å². The molecule has 9 nitrogen and oxygen atoms in total. The summed E-state index contributed by atoms with van der Waals surface area (Å²) in [5.74, 6) is 0.492. The molecule has 0 saturated heterocycles. The molecule has 4 unspecified atom stereocenters. The van der Waals surface area contributed by atoms with Crippen LogP contribution in [0.5, 0.6) is 0 Å². The second-order valence-electron chi connectivity index (χ2n) is 19.3. The van der Waals surface area contributed by atoms with Crippen LogP contribution in [0.1, 0.15) is 134 Å². The molecule has 63 heavy (non-hydrogen) atoms. The third-order valence-corrected chi connectivity index (χ3v) is 14.1. The lowest BCUT2D eigenvalue weighted by molar-refractivity contribution is 0.0556. The Kier molecular flexibility index (Phi) is 12.0. The number of ether oxygens (including phenoxy) is 1. The van der Waals surface area contributed by atoms with Crippen LogP contribution in [-0.2, 0) is 17.6 Å². The fourth-order valence-corrected chi connectivity index (χ4v) is 10.8. The van der Waals surface area contributed by atoms with Crippen LogP contribution in [0.15, 0.2) is 36.4 Å². The maximum absolute atomic E-state index is 6.78. The van der Waals surface area contributed by atoms with E-state index in [0.29, 0.717) is 13.2 Å². The van der Waals surface area contributed by atoms with E-state index in [1.165, 1.54) is 66.7 Å². The summed E-state index contributed by atoms with van der Waals surface area (Å²) in [6.07, 6.45) is 4.09. The van der Waals surface area contributed by atoms with E-state index in [1.54, 1.807) is 0 Å². The zero-order chi connectivity index (χ0) is 45.3. The molecule has 0 radical (unpaired) electrons. The van der Waals surface area contributed by atoms with Gasteiger partial charge in [0.15, 0.2) is 11.3 Å². The average molecular weight is 847 g/mol. The SMILES string of the molecule is CCCc1cc2c(C)nc3c(-c4c(C)cc(C)cc4C)c(C)nn3c2n1C(C)C(C)COCC(C)C(C)n1c(CCC)cc2c(C)nc3c(-c4c(C)cc(C)cc4C)c(C)nn3c21. The summed E-state index contributed by atoms with van der Waals surface area (Å²) in [4.78, 5) is 10.5. The smallest absolute Gasteiger partial charge is 0.165 e. The standard InChI is InChI=1S/C54H70N8O/c1-17-19-43-25-45-37(11)55-51-49(47-31(5)21-29(3)22-32(47)6)39(13)57-61(51)53(45)59(43)41(15)35(9)27-63-28-36(10)42(16)60-44(20-18-2)26-46-38(12)56-52-50(40(14)58-62(52)54(46)60)48-33(7)23-30(4)24-34(48)8/h21-26,35-36,41-42H,17-20,27-28H2,1-16H3. The number of rotatable bonds is 14. The van der Waals surface area contributed by atoms with Gasteiger partial charge in [-0.3, -0.25) is 0 Å². The summed E-state index contributed by atoms with van der Waals surface area (Å²) in [7, 11) is 0. The second-order valence-corrected chi connectivity index (χ2v) is 19.3. The second kappa shape index (κ2) is 17.0. The lowest BCUT2D eigenvalue weighted by Crippen LogP contribution is -2.25. The van der Waals surface area contributed by atoms with Crippen molar-refractivity contribution in [2.24, 2.45) is 11.8 Å². The van der Waals surface area contributed by atoms with E-state index in [-0.39, 0.29) is 23.9 Å². The summed E-state index contributed by atoms with van der Waals surface area (Å²) in [6.45, 7) is 37.0. The van der Waals surface area contributed by atoms with Gasteiger partial charge in [-0.25, -0.2) is 9.97 Å². The normalized spacial score (nSPS) is 14.2. The first kappa shape index (κ1) is 44.3. The molecule has 0 bridgehead atoms. The van der Waals surface area contributed by atoms with Crippen LogP contribution >= 0.6 is 0 Å². The van der Waals surface area contributed by atoms with Gasteiger partial charge >= 0.3 is 0 Å². The van der Waals surface area contributed by atoms with Crippen molar-refractivity contribution < 1.29 is 4.74 Å². The Bertz CT molecular complexity index is 2790. The zero-order valence-electron chi connectivity index (χ0n) is 41.0. The van der Waals surface area contributed by atoms with Crippen LogP contribution in [0, 0.1) is 81.1 Å². The van der Waals surface area contributed by atoms with Crippen LogP contribution in [0.2, 0.25) is 0 Å². The molecule has 332 valence electrons. The summed E-state index contributed by atoms with van der Waals surface area (Å²) >= 11 is 0. The first-order valence-corrected chi connectivity index (χ1v) is 23.5. The highest BCUT2D eigenvalue weighted by Gasteiger charge is 2.29. The quantitative estimate of drug-likeness (QED) is 0.109. The third kappa shape index (κ3) is 7.48. The van der Waals surface area contributed by atoms with Gasteiger partial charge in [0.05, 0.1) is 47.1 Å². The molecule has 9 heteroatoms. The first-order valence-electron chi connectivity index (χ1n) is 23.5. The van der Waals surface area contributed by atoms with E-state index in [1.807, 2.05) is 0 Å². The molecule has 2 aromatic carbocycles. The number of fused-ring (bicyclic) bond motifs is 6. The zero-order valence-corrected chi connectivity index (χ0v) is 41.0. The molecule has 0 aliphatic carbocycles. The lowest BCUT2D eigenvalue weighted by atomic mass is 9.94. The molecule has 0 N–H and O–H groups in total. The van der Waals surface area contributed by atoms with E-state index in [4.69, 9.17) is 24.9 Å². The average Bonchev–Trinajstić information content (AvgIpc) is 3.95. The van der Waals surface area contributed by atoms with Gasteiger partial charge in [0, 0.05) is 34.2 Å². The van der Waals surface area contributed by atoms with Crippen molar-refractivity contribution in [3.8, 4) is 22.3 Å². The van der Waals surface area contributed by atoms with E-state index >= 15 is 0 Å². The number of benzene rings is 2. The topological polar surface area (TPSA) is 79.5 Å². The predicted molar refractivity (Wildman–Crippen MR) is 262 cm³/mol. The molecule has 8 rings (SSSR count). The highest BCUT2D eigenvalue weighted by molar-refractivity contribution is 5.91. The molecule has 6 heterocycles. The van der Waals surface area contributed by atoms with Gasteiger partial charge < -0.3 is 13.9 Å².